The zero-order valence-electron chi connectivity index (χ0n) is 7.66. The Hall–Kier alpha value is -1.31. The highest BCUT2D eigenvalue weighted by Crippen LogP contribution is 2.12. The average molecular weight is 174 g/mol. The predicted octanol–water partition coefficient (Wildman–Crippen LogP) is 2.20. The molecule has 0 amide bonds. The zero-order valence-corrected chi connectivity index (χ0v) is 7.66. The van der Waals surface area contributed by atoms with Gasteiger partial charge in [0.05, 0.1) is 5.69 Å². The van der Waals surface area contributed by atoms with Crippen molar-refractivity contribution in [3.05, 3.63) is 35.8 Å². The molecule has 1 saturated heterocycles. The van der Waals surface area contributed by atoms with Gasteiger partial charge in [-0.1, -0.05) is 6.07 Å². The molecule has 13 heavy (non-hydrogen) atoms. The summed E-state index contributed by atoms with van der Waals surface area (Å²) in [6.07, 6.45) is 7.72. The maximum absolute atomic E-state index is 4.26. The van der Waals surface area contributed by atoms with Crippen molar-refractivity contribution in [3.63, 3.8) is 0 Å². The Morgan fingerprint density at radius 1 is 1.31 bits per heavy atom. The molecule has 2 heteroatoms. The fourth-order valence-corrected chi connectivity index (χ4v) is 1.54. The molecule has 0 radical (unpaired) electrons. The van der Waals surface area contributed by atoms with Crippen LogP contribution in [-0.2, 0) is 0 Å². The van der Waals surface area contributed by atoms with Gasteiger partial charge < -0.3 is 5.32 Å². The minimum Gasteiger partial charge on any atom is -0.388 e. The van der Waals surface area contributed by atoms with Crippen LogP contribution in [0.1, 0.15) is 25.0 Å². The van der Waals surface area contributed by atoms with Crippen LogP contribution in [0.5, 0.6) is 0 Å². The molecule has 1 fully saturated rings. The summed E-state index contributed by atoms with van der Waals surface area (Å²) in [5.74, 6) is 0. The van der Waals surface area contributed by atoms with Crippen molar-refractivity contribution in [2.45, 2.75) is 19.3 Å². The topological polar surface area (TPSA) is 24.9 Å². The summed E-state index contributed by atoms with van der Waals surface area (Å²) in [6, 6.07) is 5.99. The molecule has 0 atom stereocenters. The quantitative estimate of drug-likeness (QED) is 0.706. The smallest absolute Gasteiger partial charge is 0.0646 e. The molecule has 1 aromatic rings. The zero-order chi connectivity index (χ0) is 8.93. The van der Waals surface area contributed by atoms with Crippen LogP contribution in [0.3, 0.4) is 0 Å². The molecule has 0 saturated carbocycles. The van der Waals surface area contributed by atoms with Crippen molar-refractivity contribution in [1.82, 2.24) is 10.3 Å². The van der Waals surface area contributed by atoms with Crippen molar-refractivity contribution in [2.24, 2.45) is 0 Å². The maximum Gasteiger partial charge on any atom is 0.0646 e. The standard InChI is InChI=1S/C11H14N2/c1-3-7-12-10(5-1)9-11-6-2-4-8-13-11/h1,3,5,7,9,13H,2,4,6,8H2/b11-9-. The molecular formula is C11H14N2. The third kappa shape index (κ3) is 2.31. The average Bonchev–Trinajstić information content (AvgIpc) is 2.21. The van der Waals surface area contributed by atoms with E-state index in [4.69, 9.17) is 0 Å². The molecule has 2 nitrogen and oxygen atoms in total. The summed E-state index contributed by atoms with van der Waals surface area (Å²) >= 11 is 0. The van der Waals surface area contributed by atoms with Crippen molar-refractivity contribution >= 4 is 6.08 Å². The van der Waals surface area contributed by atoms with Gasteiger partial charge in [0.15, 0.2) is 0 Å². The van der Waals surface area contributed by atoms with Gasteiger partial charge in [0.25, 0.3) is 0 Å². The highest BCUT2D eigenvalue weighted by Gasteiger charge is 2.03. The summed E-state index contributed by atoms with van der Waals surface area (Å²) in [4.78, 5) is 4.26. The van der Waals surface area contributed by atoms with Crippen LogP contribution in [0.4, 0.5) is 0 Å². The Bertz CT molecular complexity index is 282. The second-order valence-electron chi connectivity index (χ2n) is 3.31. The second-order valence-corrected chi connectivity index (χ2v) is 3.31. The highest BCUT2D eigenvalue weighted by atomic mass is 14.9. The first kappa shape index (κ1) is 8.30. The van der Waals surface area contributed by atoms with Crippen LogP contribution >= 0.6 is 0 Å². The van der Waals surface area contributed by atoms with Crippen molar-refractivity contribution in [1.29, 1.82) is 0 Å². The summed E-state index contributed by atoms with van der Waals surface area (Å²) in [5, 5.41) is 3.39. The van der Waals surface area contributed by atoms with Crippen molar-refractivity contribution in [2.75, 3.05) is 6.54 Å². The van der Waals surface area contributed by atoms with E-state index in [0.717, 1.165) is 18.7 Å². The molecule has 0 aliphatic carbocycles. The molecule has 1 N–H and O–H groups in total. The normalized spacial score (nSPS) is 19.8. The van der Waals surface area contributed by atoms with E-state index in [2.05, 4.69) is 16.4 Å². The van der Waals surface area contributed by atoms with Gasteiger partial charge in [0.2, 0.25) is 0 Å². The van der Waals surface area contributed by atoms with Crippen LogP contribution in [0.25, 0.3) is 6.08 Å². The van der Waals surface area contributed by atoms with Crippen LogP contribution in [0.15, 0.2) is 30.1 Å². The minimum absolute atomic E-state index is 1.05. The van der Waals surface area contributed by atoms with Crippen LogP contribution in [0.2, 0.25) is 0 Å². The number of aromatic nitrogens is 1. The van der Waals surface area contributed by atoms with Gasteiger partial charge in [0.1, 0.15) is 0 Å². The number of hydrogen-bond donors (Lipinski definition) is 1. The van der Waals surface area contributed by atoms with Crippen molar-refractivity contribution in [3.8, 4) is 0 Å². The minimum atomic E-state index is 1.05. The number of allylic oxidation sites excluding steroid dienone is 1. The fraction of sp³-hybridized carbons (Fsp3) is 0.364. The highest BCUT2D eigenvalue weighted by molar-refractivity contribution is 5.48. The molecule has 0 unspecified atom stereocenters. The van der Waals surface area contributed by atoms with E-state index in [9.17, 15) is 0 Å². The fourth-order valence-electron chi connectivity index (χ4n) is 1.54. The molecule has 68 valence electrons. The lowest BCUT2D eigenvalue weighted by Gasteiger charge is -2.16. The first-order valence-corrected chi connectivity index (χ1v) is 4.80. The number of rotatable bonds is 1. The number of pyridine rings is 1. The molecule has 1 aliphatic rings. The maximum atomic E-state index is 4.26. The van der Waals surface area contributed by atoms with E-state index in [1.54, 1.807) is 0 Å². The van der Waals surface area contributed by atoms with Gasteiger partial charge in [-0.25, -0.2) is 0 Å². The van der Waals surface area contributed by atoms with Gasteiger partial charge in [-0.15, -0.1) is 0 Å². The predicted molar refractivity (Wildman–Crippen MR) is 54.1 cm³/mol. The van der Waals surface area contributed by atoms with Crippen molar-refractivity contribution < 1.29 is 0 Å². The molecule has 2 heterocycles. The Balaban J connectivity index is 2.10. The van der Waals surface area contributed by atoms with Gasteiger partial charge >= 0.3 is 0 Å². The number of nitrogens with one attached hydrogen (secondary N) is 1. The van der Waals surface area contributed by atoms with Gasteiger partial charge in [-0.3, -0.25) is 4.98 Å². The Morgan fingerprint density at radius 2 is 2.31 bits per heavy atom. The lowest BCUT2D eigenvalue weighted by molar-refractivity contribution is 0.592. The van der Waals surface area contributed by atoms with Gasteiger partial charge in [-0.05, 0) is 37.5 Å². The SMILES string of the molecule is C(=C1\CCCCN1)/c1ccccn1. The third-order valence-corrected chi connectivity index (χ3v) is 2.23. The molecule has 1 aromatic heterocycles. The summed E-state index contributed by atoms with van der Waals surface area (Å²) in [6.45, 7) is 1.11. The molecule has 1 aliphatic heterocycles. The van der Waals surface area contributed by atoms with E-state index in [0.29, 0.717) is 0 Å². The molecule has 0 spiro atoms. The van der Waals surface area contributed by atoms with Gasteiger partial charge in [-0.2, -0.15) is 0 Å². The summed E-state index contributed by atoms with van der Waals surface area (Å²) in [5.41, 5.74) is 2.37. The van der Waals surface area contributed by atoms with E-state index < -0.39 is 0 Å². The van der Waals surface area contributed by atoms with Crippen LogP contribution in [-0.4, -0.2) is 11.5 Å². The first-order chi connectivity index (χ1) is 6.45. The Morgan fingerprint density at radius 3 is 3.00 bits per heavy atom. The third-order valence-electron chi connectivity index (χ3n) is 2.23. The summed E-state index contributed by atoms with van der Waals surface area (Å²) < 4.78 is 0. The monoisotopic (exact) mass is 174 g/mol. The summed E-state index contributed by atoms with van der Waals surface area (Å²) in [7, 11) is 0. The lowest BCUT2D eigenvalue weighted by atomic mass is 10.1. The van der Waals surface area contributed by atoms with Crippen LogP contribution < -0.4 is 5.32 Å². The molecule has 0 aromatic carbocycles. The number of nitrogens with zero attached hydrogens (tertiary/aromatic N) is 1. The lowest BCUT2D eigenvalue weighted by Crippen LogP contribution is -2.19. The van der Waals surface area contributed by atoms with E-state index in [1.807, 2.05) is 24.4 Å². The second kappa shape index (κ2) is 4.08. The molecule has 0 bridgehead atoms. The Kier molecular flexibility index (Phi) is 2.60. The molecule has 2 rings (SSSR count). The first-order valence-electron chi connectivity index (χ1n) is 4.80. The van der Waals surface area contributed by atoms with Crippen LogP contribution in [0, 0.1) is 0 Å². The van der Waals surface area contributed by atoms with E-state index in [1.165, 1.54) is 18.5 Å². The van der Waals surface area contributed by atoms with E-state index in [-0.39, 0.29) is 0 Å². The molecular weight excluding hydrogens is 160 g/mol. The number of hydrogen-bond acceptors (Lipinski definition) is 2. The Labute approximate surface area is 78.7 Å². The van der Waals surface area contributed by atoms with E-state index >= 15 is 0 Å². The van der Waals surface area contributed by atoms with Gasteiger partial charge in [0, 0.05) is 18.4 Å². The largest absolute Gasteiger partial charge is 0.388 e. The number of piperidine rings is 1.